The van der Waals surface area contributed by atoms with E-state index in [4.69, 9.17) is 11.2 Å². The van der Waals surface area contributed by atoms with E-state index in [0.29, 0.717) is 17.5 Å². The molecular weight excluding hydrogens is 624 g/mol. The maximum atomic E-state index is 14.4. The van der Waals surface area contributed by atoms with Gasteiger partial charge in [0.05, 0.1) is 11.8 Å². The van der Waals surface area contributed by atoms with Gasteiger partial charge in [0.1, 0.15) is 17.9 Å². The van der Waals surface area contributed by atoms with Crippen molar-refractivity contribution in [3.8, 4) is 23.8 Å². The smallest absolute Gasteiger partial charge is 0.415 e. The molecule has 1 aliphatic carbocycles. The van der Waals surface area contributed by atoms with Gasteiger partial charge in [-0.3, -0.25) is 10.1 Å². The molecule has 2 aromatic rings. The highest BCUT2D eigenvalue weighted by Crippen LogP contribution is 2.45. The molecule has 1 spiro atoms. The summed E-state index contributed by atoms with van der Waals surface area (Å²) in [6.45, 7) is 12.2. The summed E-state index contributed by atoms with van der Waals surface area (Å²) in [6.07, 6.45) is 10.2. The molecule has 3 heterocycles. The number of aromatic nitrogens is 2. The molecule has 0 radical (unpaired) electrons. The molecule has 2 saturated heterocycles. The van der Waals surface area contributed by atoms with Crippen LogP contribution in [0.15, 0.2) is 30.7 Å². The number of terminal acetylenes is 1. The Labute approximate surface area is 281 Å². The Morgan fingerprint density at radius 1 is 1.08 bits per heavy atom. The highest BCUT2D eigenvalue weighted by molar-refractivity contribution is 5.97. The summed E-state index contributed by atoms with van der Waals surface area (Å²) in [5.41, 5.74) is 0.354. The molecule has 262 valence electrons. The monoisotopic (exact) mass is 672 g/mol. The zero-order valence-electron chi connectivity index (χ0n) is 28.4. The average molecular weight is 673 g/mol. The Morgan fingerprint density at radius 3 is 2.40 bits per heavy atom. The fourth-order valence-electron chi connectivity index (χ4n) is 7.82. The van der Waals surface area contributed by atoms with Crippen LogP contribution in [0.5, 0.6) is 11.5 Å². The Hall–Kier alpha value is -3.43. The number of hydrogen-bond donors (Lipinski definition) is 1. The number of hydrogen-bond acceptors (Lipinski definition) is 7. The van der Waals surface area contributed by atoms with Gasteiger partial charge in [0.2, 0.25) is 0 Å². The minimum Gasteiger partial charge on any atom is -0.451 e. The van der Waals surface area contributed by atoms with Crippen LogP contribution in [0.2, 0.25) is 0 Å². The molecule has 0 unspecified atom stereocenters. The molecule has 1 aromatic heterocycles. The highest BCUT2D eigenvalue weighted by atomic mass is 19.4. The van der Waals surface area contributed by atoms with Crippen LogP contribution in [0.3, 0.4) is 0 Å². The van der Waals surface area contributed by atoms with E-state index in [1.165, 1.54) is 24.5 Å². The summed E-state index contributed by atoms with van der Waals surface area (Å²) in [5.74, 6) is 2.77. The second-order valence-corrected chi connectivity index (χ2v) is 14.3. The maximum absolute atomic E-state index is 14.4. The Bertz CT molecular complexity index is 1430. The number of halogens is 4. The van der Waals surface area contributed by atoms with Gasteiger partial charge in [-0.1, -0.05) is 5.92 Å². The van der Waals surface area contributed by atoms with E-state index in [0.717, 1.165) is 77.7 Å². The molecular formula is C36H48F4N6O2. The van der Waals surface area contributed by atoms with Gasteiger partial charge in [0.25, 0.3) is 5.91 Å². The van der Waals surface area contributed by atoms with Gasteiger partial charge in [-0.2, -0.15) is 13.2 Å². The number of nitrogens with zero attached hydrogens (tertiary/aromatic N) is 5. The minimum absolute atomic E-state index is 0.0810. The Kier molecular flexibility index (Phi) is 11.2. The fourth-order valence-corrected chi connectivity index (χ4v) is 7.82. The van der Waals surface area contributed by atoms with Crippen LogP contribution in [0.4, 0.5) is 23.4 Å². The quantitative estimate of drug-likeness (QED) is 0.223. The Balaban J connectivity index is 1.16. The number of rotatable bonds is 10. The van der Waals surface area contributed by atoms with Gasteiger partial charge in [-0.25, -0.2) is 14.4 Å². The van der Waals surface area contributed by atoms with Crippen LogP contribution in [0.25, 0.3) is 0 Å². The topological polar surface area (TPSA) is 73.8 Å². The van der Waals surface area contributed by atoms with Gasteiger partial charge in [0.15, 0.2) is 17.6 Å². The van der Waals surface area contributed by atoms with Crippen LogP contribution in [-0.2, 0) is 0 Å². The van der Waals surface area contributed by atoms with Crippen molar-refractivity contribution in [2.24, 2.45) is 11.3 Å². The summed E-state index contributed by atoms with van der Waals surface area (Å²) in [5, 5.41) is 2.66. The molecule has 2 aliphatic heterocycles. The zero-order valence-corrected chi connectivity index (χ0v) is 28.4. The lowest BCUT2D eigenvalue weighted by Crippen LogP contribution is -2.50. The van der Waals surface area contributed by atoms with Gasteiger partial charge in [-0.15, -0.1) is 6.42 Å². The average Bonchev–Trinajstić information content (AvgIpc) is 3.50. The first-order valence-corrected chi connectivity index (χ1v) is 17.1. The second kappa shape index (κ2) is 15.0. The van der Waals surface area contributed by atoms with E-state index in [9.17, 15) is 22.4 Å². The summed E-state index contributed by atoms with van der Waals surface area (Å²) >= 11 is 0. The van der Waals surface area contributed by atoms with E-state index in [-0.39, 0.29) is 40.8 Å². The zero-order chi connectivity index (χ0) is 34.6. The Morgan fingerprint density at radius 2 is 1.77 bits per heavy atom. The number of ether oxygens (including phenoxy) is 1. The lowest BCUT2D eigenvalue weighted by atomic mass is 9.67. The number of likely N-dealkylation sites (tertiary alicyclic amines) is 1. The largest absolute Gasteiger partial charge is 0.451 e. The van der Waals surface area contributed by atoms with Crippen molar-refractivity contribution >= 4 is 11.7 Å². The van der Waals surface area contributed by atoms with Crippen molar-refractivity contribution < 1.29 is 27.1 Å². The number of anilines is 1. The molecule has 5 rings (SSSR count). The molecule has 8 nitrogen and oxygen atoms in total. The summed E-state index contributed by atoms with van der Waals surface area (Å²) in [7, 11) is 0. The summed E-state index contributed by atoms with van der Waals surface area (Å²) in [4.78, 5) is 28.7. The number of carbonyl (C=O) groups excluding carboxylic acids is 1. The van der Waals surface area contributed by atoms with E-state index >= 15 is 0 Å². The number of amides is 1. The predicted molar refractivity (Wildman–Crippen MR) is 177 cm³/mol. The number of nitrogens with one attached hydrogen (secondary N) is 1. The van der Waals surface area contributed by atoms with E-state index < -0.39 is 18.0 Å². The molecule has 2 atom stereocenters. The SMILES string of the molecule is C#C[C@@H](NC1CCC2(CC1)CCN(C[C@@H]1CCN(c3ncncc3Oc3ccc(F)cc3C(=O)N(C(C)C)C(C)C)C1)CC2)C(F)(F)F. The molecule has 1 N–H and O–H groups in total. The highest BCUT2D eigenvalue weighted by Gasteiger charge is 2.43. The lowest BCUT2D eigenvalue weighted by molar-refractivity contribution is -0.145. The van der Waals surface area contributed by atoms with Crippen molar-refractivity contribution in [1.82, 2.24) is 25.1 Å². The van der Waals surface area contributed by atoms with Gasteiger partial charge < -0.3 is 19.4 Å². The van der Waals surface area contributed by atoms with Gasteiger partial charge in [-0.05, 0) is 115 Å². The van der Waals surface area contributed by atoms with Crippen LogP contribution in [0, 0.1) is 29.5 Å². The minimum atomic E-state index is -4.43. The van der Waals surface area contributed by atoms with Crippen LogP contribution >= 0.6 is 0 Å². The first-order valence-electron chi connectivity index (χ1n) is 17.1. The first-order chi connectivity index (χ1) is 22.8. The molecule has 48 heavy (non-hydrogen) atoms. The summed E-state index contributed by atoms with van der Waals surface area (Å²) in [6, 6.07) is 1.74. The van der Waals surface area contributed by atoms with E-state index in [1.54, 1.807) is 11.1 Å². The molecule has 0 bridgehead atoms. The molecule has 1 aromatic carbocycles. The maximum Gasteiger partial charge on any atom is 0.415 e. The molecule has 1 amide bonds. The van der Waals surface area contributed by atoms with E-state index in [1.807, 2.05) is 33.6 Å². The molecule has 12 heteroatoms. The number of piperidine rings is 1. The van der Waals surface area contributed by atoms with Crippen molar-refractivity contribution in [2.45, 2.75) is 103 Å². The lowest BCUT2D eigenvalue weighted by Gasteiger charge is -2.46. The second-order valence-electron chi connectivity index (χ2n) is 14.3. The molecule has 3 aliphatic rings. The van der Waals surface area contributed by atoms with Crippen LogP contribution in [-0.4, -0.2) is 88.7 Å². The summed E-state index contributed by atoms with van der Waals surface area (Å²) < 4.78 is 60.1. The van der Waals surface area contributed by atoms with Crippen LogP contribution in [0.1, 0.15) is 83.0 Å². The van der Waals surface area contributed by atoms with Crippen molar-refractivity contribution in [1.29, 1.82) is 0 Å². The first kappa shape index (κ1) is 35.9. The normalized spacial score (nSPS) is 21.1. The molecule has 3 fully saturated rings. The van der Waals surface area contributed by atoms with Gasteiger partial charge >= 0.3 is 6.18 Å². The standard InChI is InChI=1S/C36H48F4N6O2/c1-6-32(36(38,39)40)43-28-9-12-35(13-10-28)14-17-44(18-15-35)21-26-11-16-45(22-26)33-31(20-41-23-42-33)48-30-8-7-27(37)19-29(30)34(47)46(24(2)3)25(4)5/h1,7-8,19-20,23-26,28,32,43H,9-18,21-22H2,2-5H3/t26-,32+/m0/s1. The third-order valence-corrected chi connectivity index (χ3v) is 10.4. The number of carbonyl (C=O) groups is 1. The molecule has 1 saturated carbocycles. The fraction of sp³-hybridized carbons (Fsp3) is 0.639. The predicted octanol–water partition coefficient (Wildman–Crippen LogP) is 6.67. The third kappa shape index (κ3) is 8.40. The van der Waals surface area contributed by atoms with Crippen molar-refractivity contribution in [3.63, 3.8) is 0 Å². The van der Waals surface area contributed by atoms with Crippen LogP contribution < -0.4 is 15.0 Å². The number of benzene rings is 1. The third-order valence-electron chi connectivity index (χ3n) is 10.4. The number of alkyl halides is 3. The van der Waals surface area contributed by atoms with E-state index in [2.05, 4.69) is 25.1 Å². The van der Waals surface area contributed by atoms with Gasteiger partial charge in [0, 0.05) is 37.8 Å². The van der Waals surface area contributed by atoms with Crippen molar-refractivity contribution in [3.05, 3.63) is 42.1 Å². The van der Waals surface area contributed by atoms with Crippen molar-refractivity contribution in [2.75, 3.05) is 37.6 Å².